The van der Waals surface area contributed by atoms with Crippen LogP contribution in [-0.4, -0.2) is 57.7 Å². The number of fused-ring (bicyclic) bond motifs is 2. The predicted molar refractivity (Wildman–Crippen MR) is 153 cm³/mol. The molecule has 6 rings (SSSR count). The summed E-state index contributed by atoms with van der Waals surface area (Å²) in [4.78, 5) is 56.8. The lowest BCUT2D eigenvalue weighted by molar-refractivity contribution is -0.137. The van der Waals surface area contributed by atoms with E-state index in [-0.39, 0.29) is 29.6 Å². The zero-order valence-corrected chi connectivity index (χ0v) is 24.4. The Labute approximate surface area is 251 Å². The van der Waals surface area contributed by atoms with Crippen molar-refractivity contribution in [3.8, 4) is 11.5 Å². The lowest BCUT2D eigenvalue weighted by Gasteiger charge is -2.31. The van der Waals surface area contributed by atoms with Crippen molar-refractivity contribution in [3.63, 3.8) is 0 Å². The molecule has 2 unspecified atom stereocenters. The van der Waals surface area contributed by atoms with Gasteiger partial charge in [-0.1, -0.05) is 35.2 Å². The summed E-state index contributed by atoms with van der Waals surface area (Å²) in [5, 5.41) is 9.51. The smallest absolute Gasteiger partial charge is 0.416 e. The third kappa shape index (κ3) is 5.09. The van der Waals surface area contributed by atoms with Crippen LogP contribution in [0.4, 0.5) is 18.9 Å². The molecular formula is C29H26F3N3O6S2. The van der Waals surface area contributed by atoms with Crippen LogP contribution in [0.25, 0.3) is 0 Å². The second-order valence-corrected chi connectivity index (χ2v) is 12.7. The first kappa shape index (κ1) is 29.3. The number of phenols is 1. The van der Waals surface area contributed by atoms with E-state index in [0.717, 1.165) is 65.5 Å². The Morgan fingerprint density at radius 2 is 1.79 bits per heavy atom. The minimum atomic E-state index is -4.68. The minimum Gasteiger partial charge on any atom is -0.504 e. The average molecular weight is 634 g/mol. The first-order valence-electron chi connectivity index (χ1n) is 13.6. The Bertz CT molecular complexity index is 1680. The number of rotatable bonds is 5. The average Bonchev–Trinajstić information content (AvgIpc) is 3.43. The van der Waals surface area contributed by atoms with Gasteiger partial charge in [-0.15, -0.1) is 0 Å². The van der Waals surface area contributed by atoms with Crippen molar-refractivity contribution in [3.05, 3.63) is 68.1 Å². The maximum atomic E-state index is 14.0. The number of amides is 3. The fourth-order valence-electron chi connectivity index (χ4n) is 5.96. The molecule has 2 aromatic carbocycles. The Balaban J connectivity index is 1.45. The number of benzene rings is 2. The zero-order valence-electron chi connectivity index (χ0n) is 22.8. The molecule has 3 aromatic rings. The molecule has 3 aliphatic heterocycles. The van der Waals surface area contributed by atoms with E-state index in [0.29, 0.717) is 28.6 Å². The molecule has 43 heavy (non-hydrogen) atoms. The van der Waals surface area contributed by atoms with Crippen LogP contribution in [-0.2, 0) is 27.1 Å². The second kappa shape index (κ2) is 11.1. The number of aromatic hydroxyl groups is 1. The molecule has 0 bridgehead atoms. The topological polar surface area (TPSA) is 109 Å². The van der Waals surface area contributed by atoms with Crippen molar-refractivity contribution >= 4 is 46.5 Å². The molecule has 2 fully saturated rings. The SMILES string of the molecule is COc1cc([C@@H]2c3sc(=O)n(CC(=O)N4CCCCC4)c3SC3C(=O)N(c4cccc(C(F)(F)F)c4)C(=O)C32)ccc1O. The number of likely N-dealkylation sites (tertiary alicyclic amines) is 1. The molecule has 3 atom stereocenters. The highest BCUT2D eigenvalue weighted by Gasteiger charge is 2.57. The number of imide groups is 1. The van der Waals surface area contributed by atoms with Gasteiger partial charge in [0.25, 0.3) is 0 Å². The lowest BCUT2D eigenvalue weighted by Crippen LogP contribution is -2.39. The second-order valence-electron chi connectivity index (χ2n) is 10.6. The standard InChI is InChI=1S/C29H26F3N3O6S2/c1-41-19-12-15(8-9-18(19)36)21-22-23(26(39)35(25(22)38)17-7-5-6-16(13-17)29(30,31)32)42-27-24(21)43-28(40)34(27)14-20(37)33-10-3-2-4-11-33/h5-9,12-13,21-23,36H,2-4,10-11,14H2,1H3/t21-,22?,23?/m0/s1. The van der Waals surface area contributed by atoms with Crippen LogP contribution in [0.5, 0.6) is 11.5 Å². The molecule has 2 saturated heterocycles. The maximum absolute atomic E-state index is 14.0. The van der Waals surface area contributed by atoms with Crippen molar-refractivity contribution in [1.29, 1.82) is 0 Å². The fraction of sp³-hybridized carbons (Fsp3) is 0.379. The van der Waals surface area contributed by atoms with Gasteiger partial charge in [-0.3, -0.25) is 23.7 Å². The van der Waals surface area contributed by atoms with Crippen molar-refractivity contribution in [2.75, 3.05) is 25.1 Å². The summed E-state index contributed by atoms with van der Waals surface area (Å²) in [6.45, 7) is 0.944. The Hall–Kier alpha value is -3.78. The molecule has 226 valence electrons. The van der Waals surface area contributed by atoms with Crippen LogP contribution in [0.1, 0.15) is 41.2 Å². The molecule has 0 aliphatic carbocycles. The fourth-order valence-corrected chi connectivity index (χ4v) is 8.73. The highest BCUT2D eigenvalue weighted by atomic mass is 32.2. The number of hydrogen-bond acceptors (Lipinski definition) is 8. The van der Waals surface area contributed by atoms with Crippen molar-refractivity contribution in [2.45, 2.75) is 48.2 Å². The third-order valence-electron chi connectivity index (χ3n) is 8.05. The van der Waals surface area contributed by atoms with Crippen LogP contribution in [0.3, 0.4) is 0 Å². The summed E-state index contributed by atoms with van der Waals surface area (Å²) in [6, 6.07) is 8.46. The van der Waals surface area contributed by atoms with E-state index < -0.39 is 45.5 Å². The number of phenolic OH excluding ortho intramolecular Hbond substituents is 1. The number of hydrogen-bond donors (Lipinski definition) is 1. The predicted octanol–water partition coefficient (Wildman–Crippen LogP) is 4.45. The van der Waals surface area contributed by atoms with E-state index in [9.17, 15) is 37.5 Å². The molecule has 9 nitrogen and oxygen atoms in total. The number of carbonyl (C=O) groups excluding carboxylic acids is 3. The summed E-state index contributed by atoms with van der Waals surface area (Å²) in [6.07, 6.45) is -1.93. The zero-order chi connectivity index (χ0) is 30.6. The minimum absolute atomic E-state index is 0.104. The summed E-state index contributed by atoms with van der Waals surface area (Å²) >= 11 is 1.85. The van der Waals surface area contributed by atoms with E-state index in [1.54, 1.807) is 11.0 Å². The molecule has 3 aliphatic rings. The van der Waals surface area contributed by atoms with Gasteiger partial charge in [-0.05, 0) is 55.2 Å². The van der Waals surface area contributed by atoms with Crippen molar-refractivity contribution in [1.82, 2.24) is 9.47 Å². The highest BCUT2D eigenvalue weighted by Crippen LogP contribution is 2.54. The van der Waals surface area contributed by atoms with Gasteiger partial charge in [-0.25, -0.2) is 4.90 Å². The molecule has 1 aromatic heterocycles. The first-order chi connectivity index (χ1) is 20.5. The number of thiazole rings is 1. The Morgan fingerprint density at radius 1 is 1.05 bits per heavy atom. The Kier molecular flexibility index (Phi) is 7.53. The number of carbonyl (C=O) groups is 3. The highest BCUT2D eigenvalue weighted by molar-refractivity contribution is 8.00. The number of ether oxygens (including phenoxy) is 1. The third-order valence-corrected chi connectivity index (χ3v) is 10.6. The van der Waals surface area contributed by atoms with Gasteiger partial charge in [0.2, 0.25) is 17.7 Å². The van der Waals surface area contributed by atoms with E-state index >= 15 is 0 Å². The van der Waals surface area contributed by atoms with Crippen LogP contribution in [0.2, 0.25) is 0 Å². The molecule has 4 heterocycles. The summed E-state index contributed by atoms with van der Waals surface area (Å²) < 4.78 is 47.1. The van der Waals surface area contributed by atoms with Gasteiger partial charge in [-0.2, -0.15) is 13.2 Å². The number of alkyl halides is 3. The molecule has 14 heteroatoms. The monoisotopic (exact) mass is 633 g/mol. The van der Waals surface area contributed by atoms with Crippen LogP contribution < -0.4 is 14.5 Å². The normalized spacial score (nSPS) is 22.0. The van der Waals surface area contributed by atoms with E-state index in [1.165, 1.54) is 29.9 Å². The molecular weight excluding hydrogens is 607 g/mol. The van der Waals surface area contributed by atoms with Crippen LogP contribution in [0, 0.1) is 5.92 Å². The number of thioether (sulfide) groups is 1. The molecule has 0 radical (unpaired) electrons. The van der Waals surface area contributed by atoms with Crippen molar-refractivity contribution in [2.24, 2.45) is 5.92 Å². The van der Waals surface area contributed by atoms with Gasteiger partial charge in [0.15, 0.2) is 11.5 Å². The first-order valence-corrected chi connectivity index (χ1v) is 15.3. The van der Waals surface area contributed by atoms with E-state index in [1.807, 2.05) is 0 Å². The van der Waals surface area contributed by atoms with E-state index in [4.69, 9.17) is 4.74 Å². The van der Waals surface area contributed by atoms with Gasteiger partial charge < -0.3 is 14.7 Å². The lowest BCUT2D eigenvalue weighted by atomic mass is 9.83. The number of nitrogens with zero attached hydrogens (tertiary/aromatic N) is 3. The summed E-state index contributed by atoms with van der Waals surface area (Å²) in [5.41, 5.74) is -0.742. The summed E-state index contributed by atoms with van der Waals surface area (Å²) in [7, 11) is 1.35. The van der Waals surface area contributed by atoms with Gasteiger partial charge in [0, 0.05) is 23.9 Å². The largest absolute Gasteiger partial charge is 0.504 e. The van der Waals surface area contributed by atoms with Crippen molar-refractivity contribution < 1.29 is 37.4 Å². The quantitative estimate of drug-likeness (QED) is 0.414. The molecule has 0 spiro atoms. The number of methoxy groups -OCH3 is 1. The number of halogens is 3. The van der Waals surface area contributed by atoms with Crippen LogP contribution >= 0.6 is 23.1 Å². The van der Waals surface area contributed by atoms with E-state index in [2.05, 4.69) is 0 Å². The van der Waals surface area contributed by atoms with Crippen LogP contribution in [0.15, 0.2) is 52.3 Å². The maximum Gasteiger partial charge on any atom is 0.416 e. The number of aromatic nitrogens is 1. The molecule has 3 amide bonds. The number of anilines is 1. The molecule has 0 saturated carbocycles. The summed E-state index contributed by atoms with van der Waals surface area (Å²) in [5.74, 6) is -3.65. The van der Waals surface area contributed by atoms with Gasteiger partial charge >= 0.3 is 11.0 Å². The van der Waals surface area contributed by atoms with Gasteiger partial charge in [0.05, 0.1) is 29.3 Å². The number of piperidine rings is 1. The van der Waals surface area contributed by atoms with Gasteiger partial charge in [0.1, 0.15) is 11.8 Å². The Morgan fingerprint density at radius 3 is 2.49 bits per heavy atom. The molecule has 1 N–H and O–H groups in total.